The van der Waals surface area contributed by atoms with Crippen LogP contribution in [-0.2, 0) is 16.1 Å². The van der Waals surface area contributed by atoms with Crippen molar-refractivity contribution < 1.29 is 14.3 Å². The van der Waals surface area contributed by atoms with Crippen LogP contribution in [0.25, 0.3) is 0 Å². The van der Waals surface area contributed by atoms with Gasteiger partial charge in [-0.15, -0.1) is 0 Å². The van der Waals surface area contributed by atoms with Gasteiger partial charge < -0.3 is 19.7 Å². The Balaban J connectivity index is 1.53. The highest BCUT2D eigenvalue weighted by Gasteiger charge is 2.28. The number of amides is 1. The third-order valence-corrected chi connectivity index (χ3v) is 4.78. The lowest BCUT2D eigenvalue weighted by atomic mass is 10.1. The number of rotatable bonds is 4. The van der Waals surface area contributed by atoms with E-state index in [0.717, 1.165) is 50.6 Å². The molecule has 1 aromatic carbocycles. The Hall–Kier alpha value is -1.34. The molecule has 2 heterocycles. The van der Waals surface area contributed by atoms with Crippen molar-refractivity contribution in [2.75, 3.05) is 53.0 Å². The van der Waals surface area contributed by atoms with Crippen LogP contribution in [0.15, 0.2) is 18.2 Å². The van der Waals surface area contributed by atoms with E-state index < -0.39 is 0 Å². The van der Waals surface area contributed by atoms with Crippen LogP contribution < -0.4 is 10.1 Å². The van der Waals surface area contributed by atoms with Gasteiger partial charge in [0.2, 0.25) is 5.91 Å². The molecule has 0 spiro atoms. The average molecular weight is 354 g/mol. The van der Waals surface area contributed by atoms with Crippen molar-refractivity contribution in [3.63, 3.8) is 0 Å². The summed E-state index contributed by atoms with van der Waals surface area (Å²) in [6.45, 7) is 5.82. The van der Waals surface area contributed by atoms with Gasteiger partial charge >= 0.3 is 0 Å². The maximum absolute atomic E-state index is 12.5. The molecule has 7 heteroatoms. The van der Waals surface area contributed by atoms with Crippen LogP contribution in [0.4, 0.5) is 0 Å². The first kappa shape index (κ1) is 17.5. The number of carbonyl (C=O) groups excluding carboxylic acids is 1. The van der Waals surface area contributed by atoms with Crippen LogP contribution in [0, 0.1) is 0 Å². The van der Waals surface area contributed by atoms with Crippen molar-refractivity contribution in [1.82, 2.24) is 15.1 Å². The summed E-state index contributed by atoms with van der Waals surface area (Å²) < 4.78 is 10.8. The topological polar surface area (TPSA) is 54.0 Å². The van der Waals surface area contributed by atoms with Crippen LogP contribution in [0.3, 0.4) is 0 Å². The first-order valence-electron chi connectivity index (χ1n) is 8.32. The lowest BCUT2D eigenvalue weighted by Crippen LogP contribution is -2.57. The fourth-order valence-corrected chi connectivity index (χ4v) is 3.38. The molecule has 3 rings (SSSR count). The molecule has 2 aliphatic rings. The first-order valence-corrected chi connectivity index (χ1v) is 8.70. The van der Waals surface area contributed by atoms with Gasteiger partial charge in [-0.3, -0.25) is 9.69 Å². The Bertz CT molecular complexity index is 570. The first-order chi connectivity index (χ1) is 11.7. The molecular formula is C17H24ClN3O3. The molecule has 0 aromatic heterocycles. The van der Waals surface area contributed by atoms with E-state index in [4.69, 9.17) is 21.1 Å². The molecule has 0 unspecified atom stereocenters. The monoisotopic (exact) mass is 353 g/mol. The Kier molecular flexibility index (Phi) is 5.94. The summed E-state index contributed by atoms with van der Waals surface area (Å²) in [6, 6.07) is 5.48. The standard InChI is InChI=1S/C17H24ClN3O3/c1-23-16-3-2-14(18)10-13(16)11-20-5-7-21(8-6-20)17(22)15-12-24-9-4-19-15/h2-3,10,15,19H,4-9,11-12H2,1H3/t15-/m1/s1. The summed E-state index contributed by atoms with van der Waals surface area (Å²) in [4.78, 5) is 16.7. The van der Waals surface area contributed by atoms with E-state index in [1.54, 1.807) is 7.11 Å². The minimum atomic E-state index is -0.196. The summed E-state index contributed by atoms with van der Waals surface area (Å²) in [5.74, 6) is 0.996. The molecule has 0 radical (unpaired) electrons. The lowest BCUT2D eigenvalue weighted by Gasteiger charge is -2.37. The SMILES string of the molecule is COc1ccc(Cl)cc1CN1CCN(C(=O)[C@H]2COCCN2)CC1. The van der Waals surface area contributed by atoms with E-state index in [1.165, 1.54) is 0 Å². The van der Waals surface area contributed by atoms with E-state index in [2.05, 4.69) is 10.2 Å². The Morgan fingerprint density at radius 2 is 2.17 bits per heavy atom. The Morgan fingerprint density at radius 3 is 2.83 bits per heavy atom. The zero-order valence-electron chi connectivity index (χ0n) is 14.0. The predicted molar refractivity (Wildman–Crippen MR) is 92.5 cm³/mol. The second-order valence-corrected chi connectivity index (χ2v) is 6.58. The number of methoxy groups -OCH3 is 1. The number of carbonyl (C=O) groups is 1. The molecule has 1 atom stereocenters. The summed E-state index contributed by atoms with van der Waals surface area (Å²) in [7, 11) is 1.67. The number of morpholine rings is 1. The highest BCUT2D eigenvalue weighted by Crippen LogP contribution is 2.24. The second-order valence-electron chi connectivity index (χ2n) is 6.14. The quantitative estimate of drug-likeness (QED) is 0.874. The summed E-state index contributed by atoms with van der Waals surface area (Å²) in [5, 5.41) is 3.94. The third-order valence-electron chi connectivity index (χ3n) is 4.54. The normalized spacial score (nSPS) is 22.4. The molecule has 0 saturated carbocycles. The molecule has 2 aliphatic heterocycles. The van der Waals surface area contributed by atoms with Crippen LogP contribution in [0.5, 0.6) is 5.75 Å². The smallest absolute Gasteiger partial charge is 0.242 e. The van der Waals surface area contributed by atoms with Crippen molar-refractivity contribution in [2.45, 2.75) is 12.6 Å². The number of piperazine rings is 1. The molecule has 0 aliphatic carbocycles. The number of nitrogens with zero attached hydrogens (tertiary/aromatic N) is 2. The number of hydrogen-bond acceptors (Lipinski definition) is 5. The van der Waals surface area contributed by atoms with E-state index in [-0.39, 0.29) is 11.9 Å². The van der Waals surface area contributed by atoms with Crippen molar-refractivity contribution in [3.05, 3.63) is 28.8 Å². The molecule has 2 fully saturated rings. The molecular weight excluding hydrogens is 330 g/mol. The third kappa shape index (κ3) is 4.19. The largest absolute Gasteiger partial charge is 0.496 e. The van der Waals surface area contributed by atoms with E-state index in [9.17, 15) is 4.79 Å². The van der Waals surface area contributed by atoms with Gasteiger partial charge in [0.05, 0.1) is 20.3 Å². The van der Waals surface area contributed by atoms with Crippen LogP contribution in [-0.4, -0.2) is 74.8 Å². The van der Waals surface area contributed by atoms with E-state index in [0.29, 0.717) is 18.2 Å². The highest BCUT2D eigenvalue weighted by atomic mass is 35.5. The summed E-state index contributed by atoms with van der Waals surface area (Å²) >= 11 is 6.10. The predicted octanol–water partition coefficient (Wildman–Crippen LogP) is 0.981. The van der Waals surface area contributed by atoms with Gasteiger partial charge in [0, 0.05) is 49.9 Å². The maximum Gasteiger partial charge on any atom is 0.242 e. The zero-order valence-corrected chi connectivity index (χ0v) is 14.7. The minimum absolute atomic E-state index is 0.148. The summed E-state index contributed by atoms with van der Waals surface area (Å²) in [6.07, 6.45) is 0. The number of nitrogens with one attached hydrogen (secondary N) is 1. The maximum atomic E-state index is 12.5. The van der Waals surface area contributed by atoms with E-state index in [1.807, 2.05) is 23.1 Å². The number of ether oxygens (including phenoxy) is 2. The molecule has 6 nitrogen and oxygen atoms in total. The highest BCUT2D eigenvalue weighted by molar-refractivity contribution is 6.30. The van der Waals surface area contributed by atoms with Gasteiger partial charge in [0.15, 0.2) is 0 Å². The molecule has 132 valence electrons. The van der Waals surface area contributed by atoms with Crippen LogP contribution >= 0.6 is 11.6 Å². The van der Waals surface area contributed by atoms with Crippen LogP contribution in [0.2, 0.25) is 5.02 Å². The second kappa shape index (κ2) is 8.16. The van der Waals surface area contributed by atoms with Gasteiger partial charge in [-0.05, 0) is 18.2 Å². The van der Waals surface area contributed by atoms with Crippen molar-refractivity contribution in [1.29, 1.82) is 0 Å². The van der Waals surface area contributed by atoms with Gasteiger partial charge in [0.25, 0.3) is 0 Å². The van der Waals surface area contributed by atoms with Crippen LogP contribution in [0.1, 0.15) is 5.56 Å². The Morgan fingerprint density at radius 1 is 1.38 bits per heavy atom. The average Bonchev–Trinajstić information content (AvgIpc) is 2.63. The fourth-order valence-electron chi connectivity index (χ4n) is 3.18. The van der Waals surface area contributed by atoms with Crippen molar-refractivity contribution in [3.8, 4) is 5.75 Å². The van der Waals surface area contributed by atoms with Crippen molar-refractivity contribution in [2.24, 2.45) is 0 Å². The molecule has 1 amide bonds. The van der Waals surface area contributed by atoms with Gasteiger partial charge in [0.1, 0.15) is 11.8 Å². The Labute approximate surface area is 147 Å². The van der Waals surface area contributed by atoms with E-state index >= 15 is 0 Å². The fraction of sp³-hybridized carbons (Fsp3) is 0.588. The summed E-state index contributed by atoms with van der Waals surface area (Å²) in [5.41, 5.74) is 1.08. The lowest BCUT2D eigenvalue weighted by molar-refractivity contribution is -0.138. The van der Waals surface area contributed by atoms with Gasteiger partial charge in [-0.1, -0.05) is 11.6 Å². The number of halogens is 1. The molecule has 2 saturated heterocycles. The van der Waals surface area contributed by atoms with Gasteiger partial charge in [-0.25, -0.2) is 0 Å². The minimum Gasteiger partial charge on any atom is -0.496 e. The van der Waals surface area contributed by atoms with Gasteiger partial charge in [-0.2, -0.15) is 0 Å². The molecule has 24 heavy (non-hydrogen) atoms. The van der Waals surface area contributed by atoms with Crippen molar-refractivity contribution >= 4 is 17.5 Å². The zero-order chi connectivity index (χ0) is 16.9. The number of hydrogen-bond donors (Lipinski definition) is 1. The molecule has 1 aromatic rings. The molecule has 1 N–H and O–H groups in total. The number of benzene rings is 1. The molecule has 0 bridgehead atoms.